The van der Waals surface area contributed by atoms with Crippen molar-refractivity contribution in [2.24, 2.45) is 11.8 Å². The van der Waals surface area contributed by atoms with E-state index < -0.39 is 29.7 Å². The first kappa shape index (κ1) is 30.3. The van der Waals surface area contributed by atoms with Crippen LogP contribution in [0.5, 0.6) is 0 Å². The Morgan fingerprint density at radius 2 is 1.48 bits per heavy atom. The summed E-state index contributed by atoms with van der Waals surface area (Å²) in [5, 5.41) is 0. The smallest absolute Gasteiger partial charge is 0.378 e. The molecule has 7 heteroatoms. The summed E-state index contributed by atoms with van der Waals surface area (Å²) in [6, 6.07) is 8.18. The Labute approximate surface area is 234 Å². The van der Waals surface area contributed by atoms with Crippen LogP contribution in [0.25, 0.3) is 0 Å². The molecule has 2 aromatic carbocycles. The summed E-state index contributed by atoms with van der Waals surface area (Å²) in [6.45, 7) is 2.68. The molecule has 0 bridgehead atoms. The number of benzene rings is 2. The minimum absolute atomic E-state index is 0.0460. The average molecular weight is 561 g/mol. The van der Waals surface area contributed by atoms with Crippen molar-refractivity contribution in [3.05, 3.63) is 82.7 Å². The average Bonchev–Trinajstić information content (AvgIpc) is 2.95. The van der Waals surface area contributed by atoms with Crippen LogP contribution in [0.4, 0.5) is 22.0 Å². The van der Waals surface area contributed by atoms with E-state index in [1.807, 2.05) is 6.08 Å². The molecule has 2 saturated carbocycles. The highest BCUT2D eigenvalue weighted by Crippen LogP contribution is 2.36. The Kier molecular flexibility index (Phi) is 10.8. The van der Waals surface area contributed by atoms with Crippen LogP contribution in [0.3, 0.4) is 0 Å². The molecule has 0 amide bonds. The summed E-state index contributed by atoms with van der Waals surface area (Å²) in [5.74, 6) is 2.40. The fourth-order valence-corrected chi connectivity index (χ4v) is 5.37. The predicted octanol–water partition coefficient (Wildman–Crippen LogP) is 8.86. The van der Waals surface area contributed by atoms with Crippen LogP contribution in [-0.4, -0.2) is 18.8 Å². The number of ether oxygens (including phenoxy) is 2. The minimum atomic E-state index is -3.32. The van der Waals surface area contributed by atoms with Gasteiger partial charge >= 0.3 is 6.11 Å². The van der Waals surface area contributed by atoms with Crippen molar-refractivity contribution in [2.45, 2.75) is 89.4 Å². The largest absolute Gasteiger partial charge is 0.383 e. The van der Waals surface area contributed by atoms with Crippen LogP contribution in [0.15, 0.2) is 48.6 Å². The van der Waals surface area contributed by atoms with Crippen molar-refractivity contribution in [1.82, 2.24) is 0 Å². The molecule has 0 unspecified atom stereocenters. The van der Waals surface area contributed by atoms with E-state index in [2.05, 4.69) is 24.8 Å². The van der Waals surface area contributed by atoms with E-state index in [-0.39, 0.29) is 23.1 Å². The Bertz CT molecular complexity index is 1160. The van der Waals surface area contributed by atoms with E-state index in [0.717, 1.165) is 56.2 Å². The molecule has 4 rings (SSSR count). The Morgan fingerprint density at radius 1 is 0.850 bits per heavy atom. The Morgan fingerprint density at radius 3 is 2.10 bits per heavy atom. The summed E-state index contributed by atoms with van der Waals surface area (Å²) in [5.41, 5.74) is 1.00. The van der Waals surface area contributed by atoms with Crippen LogP contribution in [0.1, 0.15) is 81.4 Å². The second-order valence-corrected chi connectivity index (χ2v) is 10.9. The van der Waals surface area contributed by atoms with Gasteiger partial charge in [-0.3, -0.25) is 0 Å². The third kappa shape index (κ3) is 8.65. The Balaban J connectivity index is 1.15. The van der Waals surface area contributed by atoms with Gasteiger partial charge in [0, 0.05) is 18.1 Å². The van der Waals surface area contributed by atoms with Crippen molar-refractivity contribution in [1.29, 1.82) is 0 Å². The van der Waals surface area contributed by atoms with Gasteiger partial charge in [0.15, 0.2) is 17.5 Å². The molecule has 0 spiro atoms. The van der Waals surface area contributed by atoms with Crippen molar-refractivity contribution in [3.8, 4) is 11.8 Å². The lowest BCUT2D eigenvalue weighted by molar-refractivity contribution is -0.279. The normalized spacial score (nSPS) is 23.6. The fourth-order valence-electron chi connectivity index (χ4n) is 5.37. The van der Waals surface area contributed by atoms with E-state index in [9.17, 15) is 22.0 Å². The molecule has 216 valence electrons. The van der Waals surface area contributed by atoms with Crippen molar-refractivity contribution >= 4 is 0 Å². The van der Waals surface area contributed by atoms with Gasteiger partial charge in [-0.25, -0.2) is 13.2 Å². The van der Waals surface area contributed by atoms with Crippen molar-refractivity contribution < 1.29 is 31.4 Å². The van der Waals surface area contributed by atoms with E-state index in [1.165, 1.54) is 12.1 Å². The highest BCUT2D eigenvalue weighted by atomic mass is 19.3. The number of allylic oxidation sites excluding steroid dienone is 2. The molecule has 0 N–H and O–H groups in total. The molecule has 2 aliphatic carbocycles. The zero-order valence-electron chi connectivity index (χ0n) is 22.9. The van der Waals surface area contributed by atoms with Crippen LogP contribution in [0.2, 0.25) is 0 Å². The molecule has 2 aliphatic rings. The fraction of sp³-hybridized carbons (Fsp3) is 0.515. The third-order valence-electron chi connectivity index (χ3n) is 7.80. The summed E-state index contributed by atoms with van der Waals surface area (Å²) < 4.78 is 80.8. The number of rotatable bonds is 9. The van der Waals surface area contributed by atoms with Gasteiger partial charge in [-0.2, -0.15) is 8.78 Å². The van der Waals surface area contributed by atoms with Crippen molar-refractivity contribution in [2.75, 3.05) is 6.61 Å². The van der Waals surface area contributed by atoms with Gasteiger partial charge in [-0.05, 0) is 87.8 Å². The van der Waals surface area contributed by atoms with E-state index >= 15 is 0 Å². The molecule has 0 atom stereocenters. The van der Waals surface area contributed by atoms with Gasteiger partial charge in [0.05, 0.1) is 17.8 Å². The first-order chi connectivity index (χ1) is 19.2. The molecule has 2 nitrogen and oxygen atoms in total. The topological polar surface area (TPSA) is 18.5 Å². The quantitative estimate of drug-likeness (QED) is 0.132. The molecule has 2 fully saturated rings. The van der Waals surface area contributed by atoms with Gasteiger partial charge in [0.2, 0.25) is 0 Å². The lowest BCUT2D eigenvalue weighted by Gasteiger charge is -2.33. The lowest BCUT2D eigenvalue weighted by atomic mass is 9.82. The molecular weight excluding hydrogens is 523 g/mol. The summed E-state index contributed by atoms with van der Waals surface area (Å²) >= 11 is 0. The van der Waals surface area contributed by atoms with Gasteiger partial charge in [0.1, 0.15) is 0 Å². The monoisotopic (exact) mass is 560 g/mol. The second kappa shape index (κ2) is 14.3. The predicted molar refractivity (Wildman–Crippen MR) is 145 cm³/mol. The van der Waals surface area contributed by atoms with Crippen LogP contribution < -0.4 is 0 Å². The summed E-state index contributed by atoms with van der Waals surface area (Å²) in [6.07, 6.45) is 8.03. The molecule has 0 aromatic heterocycles. The lowest BCUT2D eigenvalue weighted by Crippen LogP contribution is -2.32. The highest BCUT2D eigenvalue weighted by molar-refractivity contribution is 5.36. The first-order valence-corrected chi connectivity index (χ1v) is 14.3. The molecule has 2 aromatic rings. The molecule has 0 aliphatic heterocycles. The van der Waals surface area contributed by atoms with Crippen LogP contribution in [0, 0.1) is 41.1 Å². The molecule has 0 saturated heterocycles. The maximum Gasteiger partial charge on any atom is 0.383 e. The van der Waals surface area contributed by atoms with Gasteiger partial charge in [0.25, 0.3) is 0 Å². The third-order valence-corrected chi connectivity index (χ3v) is 7.80. The number of hydrogen-bond donors (Lipinski definition) is 0. The van der Waals surface area contributed by atoms with E-state index in [4.69, 9.17) is 9.47 Å². The van der Waals surface area contributed by atoms with E-state index in [0.29, 0.717) is 38.2 Å². The first-order valence-electron chi connectivity index (χ1n) is 14.3. The zero-order valence-corrected chi connectivity index (χ0v) is 22.9. The summed E-state index contributed by atoms with van der Waals surface area (Å²) in [7, 11) is 0. The van der Waals surface area contributed by atoms with Gasteiger partial charge < -0.3 is 9.47 Å². The second-order valence-electron chi connectivity index (χ2n) is 10.9. The van der Waals surface area contributed by atoms with Gasteiger partial charge in [-0.1, -0.05) is 55.2 Å². The van der Waals surface area contributed by atoms with E-state index in [1.54, 1.807) is 12.1 Å². The molecular formula is C33H37F5O2. The Hall–Kier alpha value is -2.69. The maximum atomic E-state index is 14.8. The van der Waals surface area contributed by atoms with Crippen molar-refractivity contribution in [3.63, 3.8) is 0 Å². The zero-order chi connectivity index (χ0) is 28.5. The summed E-state index contributed by atoms with van der Waals surface area (Å²) in [4.78, 5) is 0. The molecule has 40 heavy (non-hydrogen) atoms. The van der Waals surface area contributed by atoms with Crippen LogP contribution in [-0.2, 0) is 22.0 Å². The number of halogens is 5. The molecule has 0 heterocycles. The van der Waals surface area contributed by atoms with Crippen LogP contribution >= 0.6 is 0 Å². The highest BCUT2D eigenvalue weighted by Gasteiger charge is 2.37. The SMILES string of the molecule is CC/C=C/Cc1ccc(C(F)(F)OC2CCC(OCC3CCC(C#Cc4cc(F)c(F)c(F)c4)CC3)CC2)cc1. The number of alkyl halides is 2. The van der Waals surface area contributed by atoms with Gasteiger partial charge in [-0.15, -0.1) is 0 Å². The standard InChI is InChI=1S/C33H37F5O2/c1-2-3-4-5-23-12-14-27(15-13-23)33(37,38)40-29-18-16-28(17-19-29)39-22-25-9-6-24(7-10-25)8-11-26-20-30(34)32(36)31(35)21-26/h3-4,12-15,20-21,24-25,28-29H,2,5-7,9-10,16-19,22H2,1H3/b4-3+. The minimum Gasteiger partial charge on any atom is -0.378 e. The molecule has 0 radical (unpaired) electrons. The maximum absolute atomic E-state index is 14.8. The number of hydrogen-bond acceptors (Lipinski definition) is 2.